The first-order valence-corrected chi connectivity index (χ1v) is 7.19. The highest BCUT2D eigenvalue weighted by Gasteiger charge is 2.76. The van der Waals surface area contributed by atoms with Crippen LogP contribution in [0.2, 0.25) is 0 Å². The van der Waals surface area contributed by atoms with E-state index >= 15 is 0 Å². The number of amides is 1. The maximum atomic E-state index is 12.6. The number of carbonyl (C=O) groups is 2. The van der Waals surface area contributed by atoms with Gasteiger partial charge in [0.1, 0.15) is 0 Å². The summed E-state index contributed by atoms with van der Waals surface area (Å²) in [6, 6.07) is 0. The molecule has 0 saturated heterocycles. The van der Waals surface area contributed by atoms with E-state index in [9.17, 15) is 9.59 Å². The second-order valence-electron chi connectivity index (χ2n) is 6.49. The SMILES string of the molecule is CN(C)NC(=O)[C@]12CC[C@@](C)(C(=O)[C@H]1Br)C2(C)C. The molecule has 0 aromatic heterocycles. The van der Waals surface area contributed by atoms with Crippen molar-refractivity contribution in [1.29, 1.82) is 0 Å². The fourth-order valence-electron chi connectivity index (χ4n) is 3.76. The van der Waals surface area contributed by atoms with Crippen molar-refractivity contribution in [2.75, 3.05) is 14.1 Å². The predicted molar refractivity (Wildman–Crippen MR) is 73.1 cm³/mol. The van der Waals surface area contributed by atoms with Crippen LogP contribution in [0.5, 0.6) is 0 Å². The number of hydrazine groups is 1. The van der Waals surface area contributed by atoms with Gasteiger partial charge in [-0.25, -0.2) is 5.01 Å². The summed E-state index contributed by atoms with van der Waals surface area (Å²) in [6.07, 6.45) is 1.56. The molecule has 2 bridgehead atoms. The largest absolute Gasteiger partial charge is 0.298 e. The van der Waals surface area contributed by atoms with Gasteiger partial charge in [-0.1, -0.05) is 36.7 Å². The van der Waals surface area contributed by atoms with Crippen molar-refractivity contribution in [1.82, 2.24) is 10.4 Å². The Morgan fingerprint density at radius 1 is 1.33 bits per heavy atom. The summed E-state index contributed by atoms with van der Waals surface area (Å²) in [7, 11) is 3.57. The highest BCUT2D eigenvalue weighted by molar-refractivity contribution is 9.10. The molecular formula is C13H21BrN2O2. The summed E-state index contributed by atoms with van der Waals surface area (Å²) < 4.78 is 0. The van der Waals surface area contributed by atoms with Crippen LogP contribution in [0.1, 0.15) is 33.6 Å². The van der Waals surface area contributed by atoms with E-state index in [4.69, 9.17) is 0 Å². The first-order chi connectivity index (χ1) is 8.11. The van der Waals surface area contributed by atoms with Crippen molar-refractivity contribution in [3.63, 3.8) is 0 Å². The Bertz CT molecular complexity index is 421. The van der Waals surface area contributed by atoms with E-state index in [-0.39, 0.29) is 21.9 Å². The van der Waals surface area contributed by atoms with Gasteiger partial charge >= 0.3 is 0 Å². The van der Waals surface area contributed by atoms with E-state index < -0.39 is 10.8 Å². The molecule has 0 aromatic rings. The number of nitrogens with zero attached hydrogens (tertiary/aromatic N) is 1. The monoisotopic (exact) mass is 316 g/mol. The average Bonchev–Trinajstić information content (AvgIpc) is 2.51. The van der Waals surface area contributed by atoms with Gasteiger partial charge in [0, 0.05) is 19.5 Å². The van der Waals surface area contributed by atoms with Gasteiger partial charge in [-0.2, -0.15) is 0 Å². The average molecular weight is 317 g/mol. The number of alkyl halides is 1. The Morgan fingerprint density at radius 2 is 1.89 bits per heavy atom. The Balaban J connectivity index is 2.49. The molecule has 4 nitrogen and oxygen atoms in total. The van der Waals surface area contributed by atoms with E-state index in [2.05, 4.69) is 35.2 Å². The number of nitrogens with one attached hydrogen (secondary N) is 1. The van der Waals surface area contributed by atoms with Crippen LogP contribution in [0.15, 0.2) is 0 Å². The van der Waals surface area contributed by atoms with Crippen LogP contribution in [0.4, 0.5) is 0 Å². The number of hydrogen-bond acceptors (Lipinski definition) is 3. The van der Waals surface area contributed by atoms with Gasteiger partial charge in [0.25, 0.3) is 0 Å². The molecule has 102 valence electrons. The van der Waals surface area contributed by atoms with Gasteiger partial charge in [-0.3, -0.25) is 15.0 Å². The van der Waals surface area contributed by atoms with Crippen molar-refractivity contribution in [2.45, 2.75) is 38.4 Å². The van der Waals surface area contributed by atoms with Crippen LogP contribution in [0, 0.1) is 16.2 Å². The molecule has 2 aliphatic rings. The summed E-state index contributed by atoms with van der Waals surface area (Å²) >= 11 is 3.49. The van der Waals surface area contributed by atoms with E-state index in [1.165, 1.54) is 0 Å². The molecule has 0 spiro atoms. The molecule has 2 aliphatic carbocycles. The second kappa shape index (κ2) is 3.79. The number of ketones is 1. The first-order valence-electron chi connectivity index (χ1n) is 6.28. The van der Waals surface area contributed by atoms with Crippen LogP contribution >= 0.6 is 15.9 Å². The van der Waals surface area contributed by atoms with Crippen LogP contribution in [-0.2, 0) is 9.59 Å². The zero-order valence-electron chi connectivity index (χ0n) is 11.6. The normalized spacial score (nSPS) is 41.5. The lowest BCUT2D eigenvalue weighted by Gasteiger charge is -2.40. The summed E-state index contributed by atoms with van der Waals surface area (Å²) in [5, 5.41) is 1.64. The molecule has 1 N–H and O–H groups in total. The van der Waals surface area contributed by atoms with Crippen LogP contribution in [0.25, 0.3) is 0 Å². The topological polar surface area (TPSA) is 49.4 Å². The molecule has 3 atom stereocenters. The van der Waals surface area contributed by atoms with Crippen molar-refractivity contribution in [3.8, 4) is 0 Å². The van der Waals surface area contributed by atoms with E-state index in [0.29, 0.717) is 0 Å². The highest BCUT2D eigenvalue weighted by atomic mass is 79.9. The van der Waals surface area contributed by atoms with Crippen molar-refractivity contribution >= 4 is 27.6 Å². The second-order valence-corrected chi connectivity index (χ2v) is 7.41. The molecule has 0 radical (unpaired) electrons. The molecule has 2 rings (SSSR count). The summed E-state index contributed by atoms with van der Waals surface area (Å²) in [6.45, 7) is 6.10. The fraction of sp³-hybridized carbons (Fsp3) is 0.846. The molecule has 1 amide bonds. The number of Topliss-reactive ketones (excluding diaryl/α,β-unsaturated/α-hetero) is 1. The molecule has 18 heavy (non-hydrogen) atoms. The zero-order chi connectivity index (χ0) is 13.9. The van der Waals surface area contributed by atoms with E-state index in [0.717, 1.165) is 12.8 Å². The minimum absolute atomic E-state index is 0.0473. The first kappa shape index (κ1) is 14.0. The van der Waals surface area contributed by atoms with Crippen molar-refractivity contribution in [2.24, 2.45) is 16.2 Å². The third kappa shape index (κ3) is 1.29. The number of carbonyl (C=O) groups excluding carboxylic acids is 2. The molecule has 2 saturated carbocycles. The lowest BCUT2D eigenvalue weighted by atomic mass is 9.64. The van der Waals surface area contributed by atoms with Gasteiger partial charge in [0.15, 0.2) is 5.78 Å². The molecule has 2 fully saturated rings. The van der Waals surface area contributed by atoms with E-state index in [1.807, 2.05) is 6.92 Å². The third-order valence-corrected chi connectivity index (χ3v) is 6.65. The number of fused-ring (bicyclic) bond motifs is 2. The van der Waals surface area contributed by atoms with Gasteiger partial charge in [-0.05, 0) is 18.3 Å². The number of rotatable bonds is 2. The lowest BCUT2D eigenvalue weighted by Crippen LogP contribution is -2.53. The van der Waals surface area contributed by atoms with Crippen LogP contribution in [0.3, 0.4) is 0 Å². The Morgan fingerprint density at radius 3 is 2.28 bits per heavy atom. The van der Waals surface area contributed by atoms with Crippen LogP contribution < -0.4 is 5.43 Å². The van der Waals surface area contributed by atoms with Gasteiger partial charge < -0.3 is 0 Å². The maximum absolute atomic E-state index is 12.6. The van der Waals surface area contributed by atoms with Gasteiger partial charge in [-0.15, -0.1) is 0 Å². The highest BCUT2D eigenvalue weighted by Crippen LogP contribution is 2.72. The summed E-state index contributed by atoms with van der Waals surface area (Å²) in [4.78, 5) is 24.7. The molecule has 5 heteroatoms. The minimum Gasteiger partial charge on any atom is -0.298 e. The fourth-order valence-corrected chi connectivity index (χ4v) is 5.27. The van der Waals surface area contributed by atoms with E-state index in [1.54, 1.807) is 19.1 Å². The standard InChI is InChI=1S/C13H21BrN2O2/c1-11(2)12(3)6-7-13(11,8(14)9(12)17)10(18)15-16(4)5/h8H,6-7H2,1-5H3,(H,15,18)/t8-,12+,13+/m1/s1. The summed E-state index contributed by atoms with van der Waals surface area (Å²) in [5.41, 5.74) is 1.48. The predicted octanol–water partition coefficient (Wildman–Crippen LogP) is 1.74. The Hall–Kier alpha value is -0.420. The minimum atomic E-state index is -0.636. The third-order valence-electron chi connectivity index (χ3n) is 5.45. The van der Waals surface area contributed by atoms with Gasteiger partial charge in [0.05, 0.1) is 10.2 Å². The maximum Gasteiger partial charge on any atom is 0.242 e. The molecule has 0 aliphatic heterocycles. The van der Waals surface area contributed by atoms with Gasteiger partial charge in [0.2, 0.25) is 5.91 Å². The Kier molecular flexibility index (Phi) is 2.95. The Labute approximate surface area is 117 Å². The van der Waals surface area contributed by atoms with Crippen molar-refractivity contribution in [3.05, 3.63) is 0 Å². The number of halogens is 1. The van der Waals surface area contributed by atoms with Crippen molar-refractivity contribution < 1.29 is 9.59 Å². The lowest BCUT2D eigenvalue weighted by molar-refractivity contribution is -0.140. The molecular weight excluding hydrogens is 296 g/mol. The molecule has 0 heterocycles. The quantitative estimate of drug-likeness (QED) is 0.623. The van der Waals surface area contributed by atoms with Crippen LogP contribution in [-0.4, -0.2) is 35.6 Å². The zero-order valence-corrected chi connectivity index (χ0v) is 13.2. The number of hydrogen-bond donors (Lipinski definition) is 1. The smallest absolute Gasteiger partial charge is 0.242 e. The summed E-state index contributed by atoms with van der Waals surface area (Å²) in [5.74, 6) is 0.126. The molecule has 0 unspecified atom stereocenters. The molecule has 0 aromatic carbocycles.